The van der Waals surface area contributed by atoms with E-state index in [-0.39, 0.29) is 0 Å². The number of methoxy groups -OCH3 is 2. The van der Waals surface area contributed by atoms with Crippen LogP contribution in [0.3, 0.4) is 0 Å². The average molecular weight is 287 g/mol. The van der Waals surface area contributed by atoms with Gasteiger partial charge in [0.1, 0.15) is 5.75 Å². The molecule has 1 saturated carbocycles. The van der Waals surface area contributed by atoms with Crippen molar-refractivity contribution in [1.29, 1.82) is 0 Å². The molecule has 2 bridgehead atoms. The predicted octanol–water partition coefficient (Wildman–Crippen LogP) is 2.67. The van der Waals surface area contributed by atoms with Crippen molar-refractivity contribution < 1.29 is 9.47 Å². The van der Waals surface area contributed by atoms with Crippen LogP contribution in [0, 0.1) is 5.92 Å². The number of benzene rings is 1. The average Bonchev–Trinajstić information content (AvgIpc) is 2.53. The van der Waals surface area contributed by atoms with Gasteiger partial charge in [0.25, 0.3) is 0 Å². The Kier molecular flexibility index (Phi) is 3.23. The standard InChI is InChI=1S/C18H25NO2/c1-20-13-6-5-12-10-15-17-16(21-2)4-3-7-18(17,8-9-19-15)14(12)11-13/h5-6,11,15-17,19H,3-4,7-10H2,1-2H3/t15-,16?,17-,18+/m1/s1. The number of hydrogen-bond acceptors (Lipinski definition) is 3. The minimum absolute atomic E-state index is 0.303. The molecule has 2 fully saturated rings. The maximum absolute atomic E-state index is 5.89. The van der Waals surface area contributed by atoms with Gasteiger partial charge in [-0.15, -0.1) is 0 Å². The van der Waals surface area contributed by atoms with Crippen LogP contribution in [0.2, 0.25) is 0 Å². The number of fused-ring (bicyclic) bond motifs is 1. The topological polar surface area (TPSA) is 30.5 Å². The molecule has 4 rings (SSSR count). The van der Waals surface area contributed by atoms with E-state index in [1.54, 1.807) is 12.7 Å². The number of rotatable bonds is 2. The lowest BCUT2D eigenvalue weighted by Gasteiger charge is -2.58. The van der Waals surface area contributed by atoms with E-state index in [1.165, 1.54) is 31.2 Å². The SMILES string of the molecule is COc1ccc2c(c1)[C@@]13CCCC(OC)[C@H]1[C@@H](C2)NCC3. The lowest BCUT2D eigenvalue weighted by Crippen LogP contribution is -2.63. The van der Waals surface area contributed by atoms with Crippen molar-refractivity contribution in [2.24, 2.45) is 5.92 Å². The summed E-state index contributed by atoms with van der Waals surface area (Å²) >= 11 is 0. The van der Waals surface area contributed by atoms with E-state index in [2.05, 4.69) is 23.5 Å². The van der Waals surface area contributed by atoms with Crippen molar-refractivity contribution in [3.05, 3.63) is 29.3 Å². The van der Waals surface area contributed by atoms with Crippen LogP contribution in [0.25, 0.3) is 0 Å². The fraction of sp³-hybridized carbons (Fsp3) is 0.667. The van der Waals surface area contributed by atoms with E-state index in [0.717, 1.165) is 18.7 Å². The van der Waals surface area contributed by atoms with Crippen molar-refractivity contribution in [1.82, 2.24) is 5.32 Å². The molecule has 2 aliphatic carbocycles. The first-order valence-electron chi connectivity index (χ1n) is 8.22. The molecular formula is C18H25NO2. The van der Waals surface area contributed by atoms with Crippen LogP contribution < -0.4 is 10.1 Å². The fourth-order valence-electron chi connectivity index (χ4n) is 5.34. The molecule has 1 aliphatic heterocycles. The number of piperidine rings is 1. The Hall–Kier alpha value is -1.06. The van der Waals surface area contributed by atoms with Gasteiger partial charge >= 0.3 is 0 Å². The predicted molar refractivity (Wildman–Crippen MR) is 82.9 cm³/mol. The Morgan fingerprint density at radius 3 is 2.95 bits per heavy atom. The molecule has 1 aromatic rings. The zero-order valence-electron chi connectivity index (χ0n) is 13.0. The molecule has 0 amide bonds. The van der Waals surface area contributed by atoms with Gasteiger partial charge < -0.3 is 14.8 Å². The maximum atomic E-state index is 5.89. The molecule has 3 nitrogen and oxygen atoms in total. The second kappa shape index (κ2) is 4.99. The summed E-state index contributed by atoms with van der Waals surface area (Å²) in [5.74, 6) is 1.61. The van der Waals surface area contributed by atoms with Gasteiger partial charge in [-0.25, -0.2) is 0 Å². The third-order valence-corrected chi connectivity index (χ3v) is 6.16. The van der Waals surface area contributed by atoms with Crippen LogP contribution >= 0.6 is 0 Å². The van der Waals surface area contributed by atoms with Crippen molar-refractivity contribution in [3.63, 3.8) is 0 Å². The molecule has 21 heavy (non-hydrogen) atoms. The van der Waals surface area contributed by atoms with Gasteiger partial charge in [0.05, 0.1) is 13.2 Å². The molecule has 1 saturated heterocycles. The molecule has 114 valence electrons. The van der Waals surface area contributed by atoms with E-state index in [1.807, 2.05) is 7.11 Å². The Balaban J connectivity index is 1.87. The van der Waals surface area contributed by atoms with Gasteiger partial charge in [-0.2, -0.15) is 0 Å². The van der Waals surface area contributed by atoms with Crippen molar-refractivity contribution in [2.75, 3.05) is 20.8 Å². The summed E-state index contributed by atoms with van der Waals surface area (Å²) < 4.78 is 11.4. The van der Waals surface area contributed by atoms with Crippen molar-refractivity contribution in [2.45, 2.75) is 49.7 Å². The lowest BCUT2D eigenvalue weighted by molar-refractivity contribution is -0.0573. The van der Waals surface area contributed by atoms with Crippen LogP contribution in [-0.4, -0.2) is 32.9 Å². The molecule has 1 heterocycles. The zero-order chi connectivity index (χ0) is 14.4. The van der Waals surface area contributed by atoms with Crippen LogP contribution in [-0.2, 0) is 16.6 Å². The van der Waals surface area contributed by atoms with Gasteiger partial charge in [-0.05, 0) is 61.9 Å². The highest BCUT2D eigenvalue weighted by Gasteiger charge is 2.55. The van der Waals surface area contributed by atoms with Gasteiger partial charge in [0.15, 0.2) is 0 Å². The third kappa shape index (κ3) is 1.87. The van der Waals surface area contributed by atoms with Gasteiger partial charge in [-0.1, -0.05) is 6.07 Å². The summed E-state index contributed by atoms with van der Waals surface area (Å²) in [5, 5.41) is 3.77. The van der Waals surface area contributed by atoms with Crippen molar-refractivity contribution in [3.8, 4) is 5.75 Å². The summed E-state index contributed by atoms with van der Waals surface area (Å²) in [4.78, 5) is 0. The van der Waals surface area contributed by atoms with Crippen molar-refractivity contribution >= 4 is 0 Å². The summed E-state index contributed by atoms with van der Waals surface area (Å²) in [6.45, 7) is 1.13. The Morgan fingerprint density at radius 1 is 1.24 bits per heavy atom. The Labute approximate surface area is 127 Å². The number of hydrogen-bond donors (Lipinski definition) is 1. The highest BCUT2D eigenvalue weighted by atomic mass is 16.5. The lowest BCUT2D eigenvalue weighted by atomic mass is 9.52. The van der Waals surface area contributed by atoms with E-state index in [4.69, 9.17) is 9.47 Å². The molecule has 1 N–H and O–H groups in total. The molecule has 0 spiro atoms. The molecule has 0 radical (unpaired) electrons. The van der Waals surface area contributed by atoms with E-state index in [9.17, 15) is 0 Å². The smallest absolute Gasteiger partial charge is 0.119 e. The molecule has 0 aromatic heterocycles. The van der Waals surface area contributed by atoms with Crippen LogP contribution in [0.15, 0.2) is 18.2 Å². The Morgan fingerprint density at radius 2 is 2.14 bits per heavy atom. The summed E-state index contributed by atoms with van der Waals surface area (Å²) in [6.07, 6.45) is 6.55. The maximum Gasteiger partial charge on any atom is 0.119 e. The first-order valence-corrected chi connectivity index (χ1v) is 8.22. The number of nitrogens with one attached hydrogen (secondary N) is 1. The first-order chi connectivity index (χ1) is 10.3. The van der Waals surface area contributed by atoms with E-state index >= 15 is 0 Å². The normalized spacial score (nSPS) is 37.5. The van der Waals surface area contributed by atoms with E-state index in [0.29, 0.717) is 23.5 Å². The Bertz CT molecular complexity index is 540. The highest BCUT2D eigenvalue weighted by Crippen LogP contribution is 2.54. The van der Waals surface area contributed by atoms with Crippen LogP contribution in [0.5, 0.6) is 5.75 Å². The monoisotopic (exact) mass is 287 g/mol. The van der Waals surface area contributed by atoms with Crippen LogP contribution in [0.1, 0.15) is 36.8 Å². The molecule has 1 unspecified atom stereocenters. The van der Waals surface area contributed by atoms with Crippen LogP contribution in [0.4, 0.5) is 0 Å². The minimum atomic E-state index is 0.303. The first kappa shape index (κ1) is 13.6. The zero-order valence-corrected chi connectivity index (χ0v) is 13.0. The summed E-state index contributed by atoms with van der Waals surface area (Å²) in [5.41, 5.74) is 3.36. The van der Waals surface area contributed by atoms with Gasteiger partial charge in [-0.3, -0.25) is 0 Å². The second-order valence-corrected chi connectivity index (χ2v) is 6.89. The van der Waals surface area contributed by atoms with Gasteiger partial charge in [0.2, 0.25) is 0 Å². The summed E-state index contributed by atoms with van der Waals surface area (Å²) in [7, 11) is 3.66. The summed E-state index contributed by atoms with van der Waals surface area (Å²) in [6, 6.07) is 7.27. The third-order valence-electron chi connectivity index (χ3n) is 6.16. The molecular weight excluding hydrogens is 262 g/mol. The quantitative estimate of drug-likeness (QED) is 0.907. The number of ether oxygens (including phenoxy) is 2. The second-order valence-electron chi connectivity index (χ2n) is 6.89. The van der Waals surface area contributed by atoms with E-state index < -0.39 is 0 Å². The molecule has 4 atom stereocenters. The van der Waals surface area contributed by atoms with Gasteiger partial charge in [0, 0.05) is 24.5 Å². The molecule has 3 aliphatic rings. The largest absolute Gasteiger partial charge is 0.497 e. The highest BCUT2D eigenvalue weighted by molar-refractivity contribution is 5.46. The molecule has 1 aromatic carbocycles. The minimum Gasteiger partial charge on any atom is -0.497 e. The fourth-order valence-corrected chi connectivity index (χ4v) is 5.34. The molecule has 3 heteroatoms.